The van der Waals surface area contributed by atoms with Gasteiger partial charge in [0, 0.05) is 17.9 Å². The van der Waals surface area contributed by atoms with E-state index in [0.717, 1.165) is 15.7 Å². The summed E-state index contributed by atoms with van der Waals surface area (Å²) in [4.78, 5) is 25.6. The maximum absolute atomic E-state index is 12.2. The van der Waals surface area contributed by atoms with E-state index >= 15 is 0 Å². The Balaban J connectivity index is 1.68. The van der Waals surface area contributed by atoms with Crippen LogP contribution in [0.2, 0.25) is 0 Å². The molecule has 0 saturated heterocycles. The third-order valence-corrected chi connectivity index (χ3v) is 3.15. The summed E-state index contributed by atoms with van der Waals surface area (Å²) in [5, 5.41) is 8.62. The summed E-state index contributed by atoms with van der Waals surface area (Å²) in [5.41, 5.74) is 2.25. The monoisotopic (exact) mass is 279 g/mol. The average Bonchev–Trinajstić information content (AvgIpc) is 3.13. The lowest BCUT2D eigenvalue weighted by Gasteiger charge is -2.03. The summed E-state index contributed by atoms with van der Waals surface area (Å²) in [6.45, 7) is 0. The third-order valence-electron chi connectivity index (χ3n) is 3.15. The Bertz CT molecular complexity index is 956. The molecule has 0 spiro atoms. The van der Waals surface area contributed by atoms with Crippen molar-refractivity contribution in [2.45, 2.75) is 0 Å². The number of nitrogens with zero attached hydrogens (tertiary/aromatic N) is 4. The van der Waals surface area contributed by atoms with Gasteiger partial charge in [-0.1, -0.05) is 10.9 Å². The predicted molar refractivity (Wildman–Crippen MR) is 74.5 cm³/mol. The van der Waals surface area contributed by atoms with Crippen LogP contribution in [0.25, 0.3) is 22.1 Å². The molecule has 3 aromatic heterocycles. The van der Waals surface area contributed by atoms with Crippen LogP contribution in [0.5, 0.6) is 0 Å². The number of benzene rings is 1. The highest BCUT2D eigenvalue weighted by Crippen LogP contribution is 2.14. The molecular weight excluding hydrogens is 270 g/mol. The minimum Gasteiger partial charge on any atom is -0.361 e. The van der Waals surface area contributed by atoms with E-state index in [9.17, 15) is 4.79 Å². The minimum atomic E-state index is -0.512. The maximum atomic E-state index is 12.2. The molecule has 0 aliphatic rings. The number of aromatic nitrogens is 5. The molecular formula is C14H9N5O2. The predicted octanol–water partition coefficient (Wildman–Crippen LogP) is 1.58. The van der Waals surface area contributed by atoms with E-state index in [0.29, 0.717) is 16.7 Å². The Morgan fingerprint density at radius 1 is 1.24 bits per heavy atom. The molecule has 0 radical (unpaired) electrons. The lowest BCUT2D eigenvalue weighted by atomic mass is 10.2. The Morgan fingerprint density at radius 3 is 3.14 bits per heavy atom. The van der Waals surface area contributed by atoms with E-state index in [1.54, 1.807) is 30.5 Å². The van der Waals surface area contributed by atoms with Crippen LogP contribution in [-0.2, 0) is 0 Å². The highest BCUT2D eigenvalue weighted by molar-refractivity contribution is 5.94. The van der Waals surface area contributed by atoms with Gasteiger partial charge in [-0.25, -0.2) is 9.78 Å². The van der Waals surface area contributed by atoms with E-state index in [4.69, 9.17) is 4.84 Å². The van der Waals surface area contributed by atoms with E-state index in [1.165, 1.54) is 0 Å². The van der Waals surface area contributed by atoms with E-state index < -0.39 is 5.97 Å². The van der Waals surface area contributed by atoms with E-state index in [1.807, 2.05) is 18.3 Å². The SMILES string of the molecule is O=C(On1nnc2ncccc21)c1ccc2cc[nH]c2c1. The third kappa shape index (κ3) is 1.91. The van der Waals surface area contributed by atoms with Crippen LogP contribution in [0, 0.1) is 0 Å². The fraction of sp³-hybridized carbons (Fsp3) is 0. The Hall–Kier alpha value is -3.22. The zero-order valence-corrected chi connectivity index (χ0v) is 10.7. The Labute approximate surface area is 118 Å². The highest BCUT2D eigenvalue weighted by Gasteiger charge is 2.13. The van der Waals surface area contributed by atoms with Crippen molar-refractivity contribution in [1.82, 2.24) is 25.1 Å². The second kappa shape index (κ2) is 4.41. The van der Waals surface area contributed by atoms with Crippen molar-refractivity contribution in [2.24, 2.45) is 0 Å². The highest BCUT2D eigenvalue weighted by atomic mass is 16.7. The molecule has 0 atom stereocenters. The van der Waals surface area contributed by atoms with Crippen LogP contribution in [0.4, 0.5) is 0 Å². The summed E-state index contributed by atoms with van der Waals surface area (Å²) < 4.78 is 0. The zero-order chi connectivity index (χ0) is 14.2. The van der Waals surface area contributed by atoms with E-state index in [2.05, 4.69) is 20.3 Å². The molecule has 0 saturated carbocycles. The molecule has 7 nitrogen and oxygen atoms in total. The normalized spacial score (nSPS) is 11.0. The van der Waals surface area contributed by atoms with Gasteiger partial charge in [0.15, 0.2) is 5.52 Å². The summed E-state index contributed by atoms with van der Waals surface area (Å²) >= 11 is 0. The van der Waals surface area contributed by atoms with Crippen LogP contribution < -0.4 is 4.84 Å². The Kier molecular flexibility index (Phi) is 2.43. The molecule has 0 aliphatic heterocycles. The number of rotatable bonds is 2. The van der Waals surface area contributed by atoms with Gasteiger partial charge in [-0.2, -0.15) is 0 Å². The molecule has 0 bridgehead atoms. The molecule has 21 heavy (non-hydrogen) atoms. The van der Waals surface area contributed by atoms with Crippen molar-refractivity contribution < 1.29 is 9.63 Å². The van der Waals surface area contributed by atoms with Crippen molar-refractivity contribution >= 4 is 28.0 Å². The number of carbonyl (C=O) groups is 1. The molecule has 0 amide bonds. The van der Waals surface area contributed by atoms with Gasteiger partial charge in [0.1, 0.15) is 0 Å². The van der Waals surface area contributed by atoms with Crippen LogP contribution in [0.3, 0.4) is 0 Å². The number of aromatic amines is 1. The number of nitrogens with one attached hydrogen (secondary N) is 1. The molecule has 3 heterocycles. The fourth-order valence-corrected chi connectivity index (χ4v) is 2.12. The maximum Gasteiger partial charge on any atom is 0.365 e. The molecule has 7 heteroatoms. The van der Waals surface area contributed by atoms with Crippen molar-refractivity contribution in [3.8, 4) is 0 Å². The van der Waals surface area contributed by atoms with Gasteiger partial charge >= 0.3 is 5.97 Å². The minimum absolute atomic E-state index is 0.421. The molecule has 1 aromatic carbocycles. The van der Waals surface area contributed by atoms with Crippen molar-refractivity contribution in [2.75, 3.05) is 0 Å². The van der Waals surface area contributed by atoms with Crippen molar-refractivity contribution in [3.05, 3.63) is 54.4 Å². The molecule has 0 unspecified atom stereocenters. The molecule has 4 aromatic rings. The quantitative estimate of drug-likeness (QED) is 0.563. The number of pyridine rings is 1. The molecule has 102 valence electrons. The molecule has 4 rings (SSSR count). The summed E-state index contributed by atoms with van der Waals surface area (Å²) in [7, 11) is 0. The van der Waals surface area contributed by atoms with Crippen molar-refractivity contribution in [3.63, 3.8) is 0 Å². The summed E-state index contributed by atoms with van der Waals surface area (Å²) in [6.07, 6.45) is 3.42. The number of carbonyl (C=O) groups excluding carboxylic acids is 1. The van der Waals surface area contributed by atoms with Crippen molar-refractivity contribution in [1.29, 1.82) is 0 Å². The fourth-order valence-electron chi connectivity index (χ4n) is 2.12. The first kappa shape index (κ1) is 11.6. The van der Waals surface area contributed by atoms with E-state index in [-0.39, 0.29) is 0 Å². The first-order chi connectivity index (χ1) is 10.3. The van der Waals surface area contributed by atoms with Crippen LogP contribution in [0.15, 0.2) is 48.8 Å². The first-order valence-electron chi connectivity index (χ1n) is 6.27. The lowest BCUT2D eigenvalue weighted by Crippen LogP contribution is -2.21. The topological polar surface area (TPSA) is 85.7 Å². The van der Waals surface area contributed by atoms with Crippen LogP contribution in [-0.4, -0.2) is 31.1 Å². The average molecular weight is 279 g/mol. The van der Waals surface area contributed by atoms with Gasteiger partial charge in [-0.15, -0.1) is 5.10 Å². The Morgan fingerprint density at radius 2 is 2.19 bits per heavy atom. The lowest BCUT2D eigenvalue weighted by molar-refractivity contribution is 0.0409. The van der Waals surface area contributed by atoms with Gasteiger partial charge in [0.25, 0.3) is 0 Å². The molecule has 0 fully saturated rings. The number of hydrogen-bond donors (Lipinski definition) is 1. The van der Waals surface area contributed by atoms with Gasteiger partial charge in [0.2, 0.25) is 5.65 Å². The number of hydrogen-bond acceptors (Lipinski definition) is 5. The summed E-state index contributed by atoms with van der Waals surface area (Å²) in [6, 6.07) is 10.7. The van der Waals surface area contributed by atoms with Crippen LogP contribution >= 0.6 is 0 Å². The summed E-state index contributed by atoms with van der Waals surface area (Å²) in [5.74, 6) is -0.512. The molecule has 1 N–H and O–H groups in total. The van der Waals surface area contributed by atoms with Gasteiger partial charge in [0.05, 0.1) is 5.56 Å². The molecule has 0 aliphatic carbocycles. The van der Waals surface area contributed by atoms with Gasteiger partial charge in [-0.3, -0.25) is 0 Å². The first-order valence-corrected chi connectivity index (χ1v) is 6.27. The number of H-pyrrole nitrogens is 1. The smallest absolute Gasteiger partial charge is 0.361 e. The number of fused-ring (bicyclic) bond motifs is 2. The second-order valence-electron chi connectivity index (χ2n) is 4.47. The zero-order valence-electron chi connectivity index (χ0n) is 10.7. The largest absolute Gasteiger partial charge is 0.365 e. The standard InChI is InChI=1S/C14H9N5O2/c20-14(10-4-3-9-5-7-15-11(9)8-10)21-19-12-2-1-6-16-13(12)17-18-19/h1-8,15H. The second-order valence-corrected chi connectivity index (χ2v) is 4.47. The van der Waals surface area contributed by atoms with Crippen LogP contribution in [0.1, 0.15) is 10.4 Å². The van der Waals surface area contributed by atoms with Gasteiger partial charge in [-0.05, 0) is 40.9 Å². The van der Waals surface area contributed by atoms with Gasteiger partial charge < -0.3 is 9.82 Å².